The van der Waals surface area contributed by atoms with Gasteiger partial charge in [-0.3, -0.25) is 9.20 Å². The van der Waals surface area contributed by atoms with E-state index in [2.05, 4.69) is 15.1 Å². The zero-order valence-electron chi connectivity index (χ0n) is 21.1. The molecule has 2 atom stereocenters. The highest BCUT2D eigenvalue weighted by Gasteiger charge is 2.46. The van der Waals surface area contributed by atoms with Crippen LogP contribution in [0.4, 0.5) is 9.18 Å². The van der Waals surface area contributed by atoms with E-state index < -0.39 is 29.0 Å². The number of nitrogens with zero attached hydrogens (tertiary/aromatic N) is 6. The molecule has 1 amide bonds. The van der Waals surface area contributed by atoms with Crippen LogP contribution in [-0.4, -0.2) is 72.1 Å². The third kappa shape index (κ3) is 4.53. The minimum atomic E-state index is -1.88. The topological polar surface area (TPSA) is 124 Å². The monoisotopic (exact) mass is 530 g/mol. The van der Waals surface area contributed by atoms with Crippen LogP contribution in [0.2, 0.25) is 0 Å². The number of rotatable bonds is 3. The van der Waals surface area contributed by atoms with Crippen LogP contribution in [0.15, 0.2) is 29.3 Å². The third-order valence-electron chi connectivity index (χ3n) is 6.10. The predicted octanol–water partition coefficient (Wildman–Crippen LogP) is 2.95. The van der Waals surface area contributed by atoms with Crippen LogP contribution in [0.5, 0.6) is 5.75 Å². The number of aromatic nitrogens is 5. The Hall–Kier alpha value is -3.58. The zero-order chi connectivity index (χ0) is 26.7. The fraction of sp³-hybridized carbons (Fsp3) is 0.458. The van der Waals surface area contributed by atoms with E-state index in [0.29, 0.717) is 22.8 Å². The van der Waals surface area contributed by atoms with E-state index in [1.165, 1.54) is 28.7 Å². The van der Waals surface area contributed by atoms with Gasteiger partial charge >= 0.3 is 6.09 Å². The molecule has 1 fully saturated rings. The lowest BCUT2D eigenvalue weighted by atomic mass is 9.88. The quantitative estimate of drug-likeness (QED) is 0.429. The summed E-state index contributed by atoms with van der Waals surface area (Å²) in [6.07, 6.45) is 0.665. The van der Waals surface area contributed by atoms with Gasteiger partial charge in [-0.25, -0.2) is 23.7 Å². The van der Waals surface area contributed by atoms with E-state index in [-0.39, 0.29) is 29.3 Å². The normalized spacial score (nSPS) is 20.5. The van der Waals surface area contributed by atoms with Crippen molar-refractivity contribution in [1.82, 2.24) is 28.9 Å². The van der Waals surface area contributed by atoms with Crippen LogP contribution in [0.3, 0.4) is 0 Å². The van der Waals surface area contributed by atoms with Gasteiger partial charge in [-0.15, -0.1) is 0 Å². The number of thiazole rings is 1. The van der Waals surface area contributed by atoms with Gasteiger partial charge in [-0.05, 0) is 27.7 Å². The van der Waals surface area contributed by atoms with Crippen molar-refractivity contribution in [3.63, 3.8) is 0 Å². The first-order valence-electron chi connectivity index (χ1n) is 11.7. The molecule has 4 aromatic rings. The van der Waals surface area contributed by atoms with Gasteiger partial charge in [0.1, 0.15) is 16.9 Å². The fourth-order valence-electron chi connectivity index (χ4n) is 4.24. The first-order valence-corrected chi connectivity index (χ1v) is 12.5. The first-order chi connectivity index (χ1) is 17.4. The number of hydrogen-bond donors (Lipinski definition) is 1. The SMILES string of the molecule is COc1cc(-c2cc(=O)n3cc(C4(O)CCN(C(=O)OC(C)(C)C)CC4F)sc3n2)nn2cc(C)nc12. The van der Waals surface area contributed by atoms with E-state index in [1.807, 2.05) is 6.92 Å². The summed E-state index contributed by atoms with van der Waals surface area (Å²) < 4.78 is 28.9. The Balaban J connectivity index is 1.48. The molecule has 2 unspecified atom stereocenters. The Kier molecular flexibility index (Phi) is 5.94. The van der Waals surface area contributed by atoms with Crippen molar-refractivity contribution in [2.24, 2.45) is 0 Å². The van der Waals surface area contributed by atoms with Gasteiger partial charge in [-0.1, -0.05) is 11.3 Å². The Morgan fingerprint density at radius 1 is 1.24 bits per heavy atom. The van der Waals surface area contributed by atoms with Crippen molar-refractivity contribution in [3.05, 3.63) is 45.5 Å². The number of amides is 1. The lowest BCUT2D eigenvalue weighted by Gasteiger charge is -2.40. The molecule has 0 bridgehead atoms. The van der Waals surface area contributed by atoms with Gasteiger partial charge in [0.05, 0.1) is 36.1 Å². The number of methoxy groups -OCH3 is 1. The number of alkyl halides is 1. The highest BCUT2D eigenvalue weighted by molar-refractivity contribution is 7.17. The molecule has 0 aromatic carbocycles. The molecule has 0 spiro atoms. The van der Waals surface area contributed by atoms with E-state index in [4.69, 9.17) is 9.47 Å². The maximum absolute atomic E-state index is 15.3. The number of carbonyl (C=O) groups is 1. The molecular formula is C24H27FN6O5S. The molecule has 1 N–H and O–H groups in total. The average molecular weight is 531 g/mol. The second kappa shape index (κ2) is 8.77. The van der Waals surface area contributed by atoms with Crippen LogP contribution in [-0.2, 0) is 10.3 Å². The second-order valence-corrected chi connectivity index (χ2v) is 11.1. The number of aliphatic hydroxyl groups is 1. The van der Waals surface area contributed by atoms with Gasteiger partial charge < -0.3 is 19.5 Å². The van der Waals surface area contributed by atoms with Gasteiger partial charge in [0.15, 0.2) is 22.5 Å². The maximum atomic E-state index is 15.3. The number of fused-ring (bicyclic) bond motifs is 2. The number of hydrogen-bond acceptors (Lipinski definition) is 9. The summed E-state index contributed by atoms with van der Waals surface area (Å²) in [5.74, 6) is 0.471. The molecule has 1 aliphatic rings. The summed E-state index contributed by atoms with van der Waals surface area (Å²) in [7, 11) is 1.52. The smallest absolute Gasteiger partial charge is 0.410 e. The highest BCUT2D eigenvalue weighted by Crippen LogP contribution is 2.39. The summed E-state index contributed by atoms with van der Waals surface area (Å²) in [6.45, 7) is 6.79. The van der Waals surface area contributed by atoms with Crippen LogP contribution in [0.1, 0.15) is 37.8 Å². The number of halogens is 1. The Bertz CT molecular complexity index is 1570. The summed E-state index contributed by atoms with van der Waals surface area (Å²) >= 11 is 1.02. The summed E-state index contributed by atoms with van der Waals surface area (Å²) in [4.78, 5) is 36.0. The maximum Gasteiger partial charge on any atom is 0.410 e. The van der Waals surface area contributed by atoms with E-state index >= 15 is 4.39 Å². The van der Waals surface area contributed by atoms with Gasteiger partial charge in [0.2, 0.25) is 0 Å². The molecule has 0 aliphatic carbocycles. The van der Waals surface area contributed by atoms with Crippen molar-refractivity contribution in [2.45, 2.75) is 51.5 Å². The minimum absolute atomic E-state index is 0.0583. The lowest BCUT2D eigenvalue weighted by Crippen LogP contribution is -2.53. The molecule has 11 nitrogen and oxygen atoms in total. The fourth-order valence-corrected chi connectivity index (χ4v) is 5.39. The van der Waals surface area contributed by atoms with E-state index in [0.717, 1.165) is 17.0 Å². The Morgan fingerprint density at radius 2 is 2.00 bits per heavy atom. The molecule has 1 saturated heterocycles. The number of imidazole rings is 1. The standard InChI is InChI=1S/C24H27FN6O5S/c1-13-10-31-20(26-13)16(35-5)8-15(28-31)14-9-19(32)30-12-18(37-21(30)27-14)24(34)6-7-29(11-17(24)25)22(33)36-23(2,3)4/h8-10,12,17,34H,6-7,11H2,1-5H3. The van der Waals surface area contributed by atoms with E-state index in [1.54, 1.807) is 37.5 Å². The predicted molar refractivity (Wildman–Crippen MR) is 134 cm³/mol. The largest absolute Gasteiger partial charge is 0.493 e. The molecule has 5 rings (SSSR count). The summed E-state index contributed by atoms with van der Waals surface area (Å²) in [6, 6.07) is 2.97. The van der Waals surface area contributed by atoms with Crippen LogP contribution in [0.25, 0.3) is 22.0 Å². The highest BCUT2D eigenvalue weighted by atomic mass is 32.1. The lowest BCUT2D eigenvalue weighted by molar-refractivity contribution is -0.0886. The molecule has 13 heteroatoms. The zero-order valence-corrected chi connectivity index (χ0v) is 21.9. The molecule has 0 saturated carbocycles. The van der Waals surface area contributed by atoms with Gasteiger partial charge in [0.25, 0.3) is 5.56 Å². The number of ether oxygens (including phenoxy) is 2. The third-order valence-corrected chi connectivity index (χ3v) is 7.25. The van der Waals surface area contributed by atoms with Crippen molar-refractivity contribution < 1.29 is 23.8 Å². The minimum Gasteiger partial charge on any atom is -0.493 e. The van der Waals surface area contributed by atoms with Gasteiger partial charge in [0, 0.05) is 31.3 Å². The first kappa shape index (κ1) is 25.1. The van der Waals surface area contributed by atoms with Gasteiger partial charge in [-0.2, -0.15) is 5.10 Å². The van der Waals surface area contributed by atoms with Crippen LogP contribution in [0, 0.1) is 6.92 Å². The summed E-state index contributed by atoms with van der Waals surface area (Å²) in [5.41, 5.74) is -1.02. The summed E-state index contributed by atoms with van der Waals surface area (Å²) in [5, 5.41) is 15.8. The molecule has 37 heavy (non-hydrogen) atoms. The van der Waals surface area contributed by atoms with Crippen LogP contribution < -0.4 is 10.3 Å². The van der Waals surface area contributed by atoms with Crippen molar-refractivity contribution in [3.8, 4) is 17.1 Å². The molecule has 5 heterocycles. The van der Waals surface area contributed by atoms with Crippen LogP contribution >= 0.6 is 11.3 Å². The van der Waals surface area contributed by atoms with E-state index in [9.17, 15) is 14.7 Å². The van der Waals surface area contributed by atoms with Crippen molar-refractivity contribution in [1.29, 1.82) is 0 Å². The average Bonchev–Trinajstić information content (AvgIpc) is 3.42. The van der Waals surface area contributed by atoms with Crippen molar-refractivity contribution in [2.75, 3.05) is 20.2 Å². The molecule has 196 valence electrons. The molecule has 1 aliphatic heterocycles. The van der Waals surface area contributed by atoms with Crippen molar-refractivity contribution >= 4 is 28.0 Å². The number of piperidine rings is 1. The molecule has 4 aromatic heterocycles. The number of carbonyl (C=O) groups excluding carboxylic acids is 1. The molecule has 0 radical (unpaired) electrons. The number of aryl methyl sites for hydroxylation is 1. The second-order valence-electron chi connectivity index (χ2n) is 10.0. The Labute approximate surface area is 215 Å². The Morgan fingerprint density at radius 3 is 2.68 bits per heavy atom. The number of likely N-dealkylation sites (tertiary alicyclic amines) is 1. The molecular weight excluding hydrogens is 503 g/mol.